The minimum Gasteiger partial charge on any atom is -0.478 e. The molecule has 0 unspecified atom stereocenters. The van der Waals surface area contributed by atoms with Crippen molar-refractivity contribution in [2.24, 2.45) is 0 Å². The van der Waals surface area contributed by atoms with Crippen LogP contribution in [0.4, 0.5) is 0 Å². The first-order valence-electron chi connectivity index (χ1n) is 4.67. The van der Waals surface area contributed by atoms with Gasteiger partial charge in [-0.15, -0.1) is 11.8 Å². The molecule has 4 nitrogen and oxygen atoms in total. The number of aryl methyl sites for hydroxylation is 2. The van der Waals surface area contributed by atoms with Crippen molar-refractivity contribution in [1.29, 1.82) is 0 Å². The third-order valence-corrected chi connectivity index (χ3v) is 2.72. The van der Waals surface area contributed by atoms with E-state index in [-0.39, 0.29) is 5.56 Å². The van der Waals surface area contributed by atoms with Crippen molar-refractivity contribution in [3.8, 4) is 0 Å². The number of carboxylic acids is 1. The van der Waals surface area contributed by atoms with Gasteiger partial charge in [-0.3, -0.25) is 0 Å². The number of nitrogens with zero attached hydrogens (tertiary/aromatic N) is 2. The molecule has 1 N–H and O–H groups in total. The summed E-state index contributed by atoms with van der Waals surface area (Å²) in [5, 5.41) is 9.92. The van der Waals surface area contributed by atoms with Gasteiger partial charge in [0.2, 0.25) is 0 Å². The van der Waals surface area contributed by atoms with E-state index < -0.39 is 5.97 Å². The first-order valence-corrected chi connectivity index (χ1v) is 5.55. The molecule has 5 heteroatoms. The first-order chi connectivity index (χ1) is 6.91. The topological polar surface area (TPSA) is 63.1 Å². The highest BCUT2D eigenvalue weighted by molar-refractivity contribution is 7.99. The van der Waals surface area contributed by atoms with Crippen LogP contribution in [0.15, 0.2) is 5.03 Å². The van der Waals surface area contributed by atoms with Crippen LogP contribution in [-0.2, 0) is 0 Å². The fraction of sp³-hybridized carbons (Fsp3) is 0.500. The molecule has 0 spiro atoms. The minimum absolute atomic E-state index is 0.222. The second-order valence-electron chi connectivity index (χ2n) is 3.51. The number of hydrogen-bond acceptors (Lipinski definition) is 4. The number of carboxylic acid groups (broad SMARTS) is 1. The lowest BCUT2D eigenvalue weighted by atomic mass is 10.2. The minimum atomic E-state index is -0.962. The Kier molecular flexibility index (Phi) is 3.68. The van der Waals surface area contributed by atoms with E-state index in [4.69, 9.17) is 5.11 Å². The van der Waals surface area contributed by atoms with E-state index in [0.717, 1.165) is 0 Å². The summed E-state index contributed by atoms with van der Waals surface area (Å²) >= 11 is 1.45. The Bertz CT molecular complexity index is 391. The predicted octanol–water partition coefficient (Wildman–Crippen LogP) is 2.29. The van der Waals surface area contributed by atoms with E-state index in [2.05, 4.69) is 9.97 Å². The molecule has 15 heavy (non-hydrogen) atoms. The van der Waals surface area contributed by atoms with Crippen LogP contribution < -0.4 is 0 Å². The van der Waals surface area contributed by atoms with Crippen molar-refractivity contribution >= 4 is 17.7 Å². The van der Waals surface area contributed by atoms with Gasteiger partial charge >= 0.3 is 5.97 Å². The van der Waals surface area contributed by atoms with E-state index in [9.17, 15) is 4.79 Å². The molecule has 0 aromatic carbocycles. The number of aromatic nitrogens is 2. The monoisotopic (exact) mass is 226 g/mol. The van der Waals surface area contributed by atoms with Gasteiger partial charge in [-0.05, 0) is 13.8 Å². The van der Waals surface area contributed by atoms with Crippen molar-refractivity contribution in [2.45, 2.75) is 38.0 Å². The molecule has 0 atom stereocenters. The van der Waals surface area contributed by atoms with E-state index in [1.54, 1.807) is 13.8 Å². The SMILES string of the molecule is Cc1nc(C)c(C(=O)O)c(SC(C)C)n1. The van der Waals surface area contributed by atoms with Gasteiger partial charge in [0, 0.05) is 5.25 Å². The quantitative estimate of drug-likeness (QED) is 0.633. The van der Waals surface area contributed by atoms with E-state index in [1.807, 2.05) is 13.8 Å². The zero-order valence-electron chi connectivity index (χ0n) is 9.24. The van der Waals surface area contributed by atoms with Crippen LogP contribution >= 0.6 is 11.8 Å². The molecule has 0 saturated heterocycles. The standard InChI is InChI=1S/C10H14N2O2S/c1-5(2)15-9-8(10(13)14)6(3)11-7(4)12-9/h5H,1-4H3,(H,13,14). The summed E-state index contributed by atoms with van der Waals surface area (Å²) in [5.74, 6) is -0.351. The number of rotatable bonds is 3. The lowest BCUT2D eigenvalue weighted by molar-refractivity contribution is 0.0690. The Morgan fingerprint density at radius 3 is 2.40 bits per heavy atom. The molecule has 0 bridgehead atoms. The summed E-state index contributed by atoms with van der Waals surface area (Å²) in [6, 6.07) is 0. The smallest absolute Gasteiger partial charge is 0.340 e. The van der Waals surface area contributed by atoms with E-state index in [1.165, 1.54) is 11.8 Å². The maximum absolute atomic E-state index is 11.0. The summed E-state index contributed by atoms with van der Waals surface area (Å²) in [6.45, 7) is 7.47. The summed E-state index contributed by atoms with van der Waals surface area (Å²) < 4.78 is 0. The maximum Gasteiger partial charge on any atom is 0.340 e. The van der Waals surface area contributed by atoms with E-state index in [0.29, 0.717) is 21.8 Å². The third-order valence-electron chi connectivity index (χ3n) is 1.73. The fourth-order valence-electron chi connectivity index (χ4n) is 1.24. The number of aromatic carboxylic acids is 1. The normalized spacial score (nSPS) is 10.7. The van der Waals surface area contributed by atoms with Gasteiger partial charge in [0.15, 0.2) is 0 Å². The van der Waals surface area contributed by atoms with Gasteiger partial charge in [-0.25, -0.2) is 14.8 Å². The van der Waals surface area contributed by atoms with Crippen LogP contribution in [0.1, 0.15) is 35.7 Å². The second-order valence-corrected chi connectivity index (χ2v) is 5.07. The molecule has 0 aliphatic rings. The molecule has 0 amide bonds. The van der Waals surface area contributed by atoms with Crippen molar-refractivity contribution in [1.82, 2.24) is 9.97 Å². The Morgan fingerprint density at radius 1 is 1.33 bits per heavy atom. The highest BCUT2D eigenvalue weighted by Gasteiger charge is 2.17. The summed E-state index contributed by atoms with van der Waals surface area (Å²) in [5.41, 5.74) is 0.748. The van der Waals surface area contributed by atoms with E-state index >= 15 is 0 Å². The summed E-state index contributed by atoms with van der Waals surface area (Å²) in [4.78, 5) is 19.3. The van der Waals surface area contributed by atoms with Crippen molar-refractivity contribution in [2.75, 3.05) is 0 Å². The highest BCUT2D eigenvalue weighted by atomic mass is 32.2. The molecule has 1 aromatic rings. The highest BCUT2D eigenvalue weighted by Crippen LogP contribution is 2.26. The molecular formula is C10H14N2O2S. The largest absolute Gasteiger partial charge is 0.478 e. The average Bonchev–Trinajstić information content (AvgIpc) is 1.99. The van der Waals surface area contributed by atoms with Crippen LogP contribution in [0.2, 0.25) is 0 Å². The van der Waals surface area contributed by atoms with Crippen molar-refractivity contribution in [3.63, 3.8) is 0 Å². The van der Waals surface area contributed by atoms with Crippen LogP contribution in [0.25, 0.3) is 0 Å². The van der Waals surface area contributed by atoms with Crippen LogP contribution in [-0.4, -0.2) is 26.3 Å². The molecule has 1 rings (SSSR count). The van der Waals surface area contributed by atoms with Crippen molar-refractivity contribution < 1.29 is 9.90 Å². The van der Waals surface area contributed by atoms with Gasteiger partial charge in [0.25, 0.3) is 0 Å². The molecule has 1 aromatic heterocycles. The Labute approximate surface area is 93.1 Å². The van der Waals surface area contributed by atoms with Gasteiger partial charge in [0.1, 0.15) is 16.4 Å². The Balaban J connectivity index is 3.27. The molecule has 0 aliphatic carbocycles. The number of thioether (sulfide) groups is 1. The number of carbonyl (C=O) groups is 1. The van der Waals surface area contributed by atoms with Gasteiger partial charge in [-0.1, -0.05) is 13.8 Å². The summed E-state index contributed by atoms with van der Waals surface area (Å²) in [6.07, 6.45) is 0. The Hall–Kier alpha value is -1.10. The summed E-state index contributed by atoms with van der Waals surface area (Å²) in [7, 11) is 0. The predicted molar refractivity (Wildman–Crippen MR) is 59.5 cm³/mol. The molecule has 82 valence electrons. The van der Waals surface area contributed by atoms with Gasteiger partial charge in [-0.2, -0.15) is 0 Å². The zero-order chi connectivity index (χ0) is 11.6. The molecule has 0 radical (unpaired) electrons. The molecule has 0 fully saturated rings. The average molecular weight is 226 g/mol. The lowest BCUT2D eigenvalue weighted by Gasteiger charge is -2.09. The van der Waals surface area contributed by atoms with Gasteiger partial charge < -0.3 is 5.11 Å². The molecular weight excluding hydrogens is 212 g/mol. The third kappa shape index (κ3) is 2.92. The number of hydrogen-bond donors (Lipinski definition) is 1. The van der Waals surface area contributed by atoms with Gasteiger partial charge in [0.05, 0.1) is 5.69 Å². The molecule has 0 saturated carbocycles. The van der Waals surface area contributed by atoms with Crippen LogP contribution in [0, 0.1) is 13.8 Å². The molecule has 0 aliphatic heterocycles. The molecule has 1 heterocycles. The van der Waals surface area contributed by atoms with Crippen molar-refractivity contribution in [3.05, 3.63) is 17.1 Å². The maximum atomic E-state index is 11.0. The van der Waals surface area contributed by atoms with Crippen LogP contribution in [0.3, 0.4) is 0 Å². The second kappa shape index (κ2) is 4.61. The fourth-order valence-corrected chi connectivity index (χ4v) is 2.22. The first kappa shape index (κ1) is 12.0. The lowest BCUT2D eigenvalue weighted by Crippen LogP contribution is -2.09. The Morgan fingerprint density at radius 2 is 1.93 bits per heavy atom. The van der Waals surface area contributed by atoms with Crippen LogP contribution in [0.5, 0.6) is 0 Å². The zero-order valence-corrected chi connectivity index (χ0v) is 10.1.